The van der Waals surface area contributed by atoms with Crippen LogP contribution in [-0.4, -0.2) is 19.3 Å². The van der Waals surface area contributed by atoms with Gasteiger partial charge in [0, 0.05) is 25.2 Å². The molecular formula is C19H17ClN2O6. The number of halogens is 1. The van der Waals surface area contributed by atoms with Gasteiger partial charge in [-0.1, -0.05) is 29.8 Å². The zero-order valence-electron chi connectivity index (χ0n) is 15.3. The summed E-state index contributed by atoms with van der Waals surface area (Å²) >= 11 is 6.30. The molecule has 0 aliphatic heterocycles. The van der Waals surface area contributed by atoms with Gasteiger partial charge in [0.1, 0.15) is 11.5 Å². The fourth-order valence-corrected chi connectivity index (χ4v) is 3.39. The summed E-state index contributed by atoms with van der Waals surface area (Å²) in [4.78, 5) is 37.6. The van der Waals surface area contributed by atoms with Gasteiger partial charge >= 0.3 is 11.3 Å². The molecule has 3 aromatic rings. The molecule has 1 atom stereocenters. The van der Waals surface area contributed by atoms with Crippen LogP contribution in [0.2, 0.25) is 5.02 Å². The Labute approximate surface area is 163 Å². The Balaban J connectivity index is 2.53. The highest BCUT2D eigenvalue weighted by atomic mass is 35.5. The van der Waals surface area contributed by atoms with Crippen molar-refractivity contribution in [3.63, 3.8) is 0 Å². The molecule has 0 radical (unpaired) electrons. The van der Waals surface area contributed by atoms with Gasteiger partial charge < -0.3 is 14.6 Å². The van der Waals surface area contributed by atoms with E-state index in [2.05, 4.69) is 0 Å². The van der Waals surface area contributed by atoms with Crippen LogP contribution in [0.4, 0.5) is 0 Å². The summed E-state index contributed by atoms with van der Waals surface area (Å²) in [7, 11) is 2.52. The molecule has 9 heteroatoms. The number of nitrogens with zero attached hydrogens (tertiary/aromatic N) is 2. The summed E-state index contributed by atoms with van der Waals surface area (Å²) < 4.78 is 6.77. The number of rotatable bonds is 3. The standard InChI is InChI=1S/C19H17ClN2O6/c1-9-8-12(23)14(18(26)28-9)13(10-6-4-5-7-11(10)20)15-16(24)21(2)19(27)22(3)17(15)25/h4-8,13,23-24H,1-3H3. The average molecular weight is 405 g/mol. The quantitative estimate of drug-likeness (QED) is 0.685. The molecule has 2 N–H and O–H groups in total. The van der Waals surface area contributed by atoms with Gasteiger partial charge in [0.15, 0.2) is 0 Å². The van der Waals surface area contributed by atoms with E-state index in [9.17, 15) is 24.6 Å². The van der Waals surface area contributed by atoms with Gasteiger partial charge in [-0.3, -0.25) is 13.9 Å². The lowest BCUT2D eigenvalue weighted by atomic mass is 9.86. The number of aryl methyl sites for hydroxylation is 1. The van der Waals surface area contributed by atoms with Gasteiger partial charge in [0.25, 0.3) is 5.56 Å². The smallest absolute Gasteiger partial charge is 0.343 e. The van der Waals surface area contributed by atoms with Crippen LogP contribution in [0.1, 0.15) is 28.4 Å². The van der Waals surface area contributed by atoms with E-state index in [0.29, 0.717) is 0 Å². The van der Waals surface area contributed by atoms with Gasteiger partial charge in [-0.15, -0.1) is 0 Å². The monoisotopic (exact) mass is 404 g/mol. The SMILES string of the molecule is Cc1cc(O)c(C(c2ccccc2Cl)c2c(O)n(C)c(=O)n(C)c2=O)c(=O)o1. The zero-order valence-corrected chi connectivity index (χ0v) is 16.0. The molecule has 0 saturated heterocycles. The van der Waals surface area contributed by atoms with E-state index in [1.165, 1.54) is 27.1 Å². The summed E-state index contributed by atoms with van der Waals surface area (Å²) in [5.41, 5.74) is -2.75. The van der Waals surface area contributed by atoms with Crippen molar-refractivity contribution in [2.24, 2.45) is 14.1 Å². The van der Waals surface area contributed by atoms with Crippen molar-refractivity contribution in [3.8, 4) is 11.6 Å². The predicted octanol–water partition coefficient (Wildman–Crippen LogP) is 1.59. The number of aromatic nitrogens is 2. The molecule has 0 aliphatic rings. The van der Waals surface area contributed by atoms with Gasteiger partial charge in [0.05, 0.1) is 17.0 Å². The molecule has 2 heterocycles. The van der Waals surface area contributed by atoms with Crippen LogP contribution in [0.3, 0.4) is 0 Å². The number of benzene rings is 1. The van der Waals surface area contributed by atoms with Gasteiger partial charge in [-0.05, 0) is 18.6 Å². The molecule has 0 fully saturated rings. The van der Waals surface area contributed by atoms with Gasteiger partial charge in [0.2, 0.25) is 5.88 Å². The third kappa shape index (κ3) is 3.01. The molecule has 0 amide bonds. The molecule has 146 valence electrons. The van der Waals surface area contributed by atoms with Crippen molar-refractivity contribution < 1.29 is 14.6 Å². The second-order valence-electron chi connectivity index (χ2n) is 6.34. The van der Waals surface area contributed by atoms with Crippen LogP contribution in [-0.2, 0) is 14.1 Å². The first-order valence-electron chi connectivity index (χ1n) is 8.22. The average Bonchev–Trinajstić information content (AvgIpc) is 2.63. The number of hydrogen-bond donors (Lipinski definition) is 2. The van der Waals surface area contributed by atoms with Crippen LogP contribution in [0.25, 0.3) is 0 Å². The van der Waals surface area contributed by atoms with E-state index in [4.69, 9.17) is 16.0 Å². The molecule has 28 heavy (non-hydrogen) atoms. The molecule has 3 rings (SSSR count). The number of hydrogen-bond acceptors (Lipinski definition) is 6. The first-order valence-corrected chi connectivity index (χ1v) is 8.59. The lowest BCUT2D eigenvalue weighted by Gasteiger charge is -2.21. The zero-order chi connectivity index (χ0) is 20.7. The molecule has 1 aromatic carbocycles. The fourth-order valence-electron chi connectivity index (χ4n) is 3.15. The highest BCUT2D eigenvalue weighted by Crippen LogP contribution is 2.39. The van der Waals surface area contributed by atoms with E-state index in [-0.39, 0.29) is 27.5 Å². The topological polar surface area (TPSA) is 115 Å². The summed E-state index contributed by atoms with van der Waals surface area (Å²) in [6.07, 6.45) is 0. The maximum absolute atomic E-state index is 12.9. The Morgan fingerprint density at radius 3 is 2.29 bits per heavy atom. The summed E-state index contributed by atoms with van der Waals surface area (Å²) in [5, 5.41) is 21.3. The first-order chi connectivity index (χ1) is 13.1. The number of aromatic hydroxyl groups is 2. The Hall–Kier alpha value is -3.26. The lowest BCUT2D eigenvalue weighted by molar-refractivity contribution is 0.396. The third-order valence-corrected chi connectivity index (χ3v) is 4.89. The molecule has 2 aromatic heterocycles. The Bertz CT molecular complexity index is 1250. The van der Waals surface area contributed by atoms with Crippen molar-refractivity contribution in [2.75, 3.05) is 0 Å². The third-order valence-electron chi connectivity index (χ3n) is 4.55. The lowest BCUT2D eigenvalue weighted by Crippen LogP contribution is -2.40. The van der Waals surface area contributed by atoms with Crippen LogP contribution in [0.15, 0.2) is 49.1 Å². The minimum atomic E-state index is -1.27. The molecule has 0 bridgehead atoms. The first kappa shape index (κ1) is 19.5. The molecule has 0 spiro atoms. The second-order valence-corrected chi connectivity index (χ2v) is 6.75. The molecular weight excluding hydrogens is 388 g/mol. The van der Waals surface area contributed by atoms with Gasteiger partial charge in [-0.2, -0.15) is 0 Å². The Kier molecular flexibility index (Phi) is 4.91. The minimum Gasteiger partial charge on any atom is -0.507 e. The molecule has 1 unspecified atom stereocenters. The maximum atomic E-state index is 12.9. The summed E-state index contributed by atoms with van der Waals surface area (Å²) in [6, 6.07) is 7.60. The predicted molar refractivity (Wildman–Crippen MR) is 102 cm³/mol. The highest BCUT2D eigenvalue weighted by molar-refractivity contribution is 6.31. The van der Waals surface area contributed by atoms with E-state index in [1.54, 1.807) is 24.3 Å². The van der Waals surface area contributed by atoms with Gasteiger partial charge in [-0.25, -0.2) is 9.59 Å². The fraction of sp³-hybridized carbons (Fsp3) is 0.211. The van der Waals surface area contributed by atoms with Crippen LogP contribution in [0, 0.1) is 6.92 Å². The normalized spacial score (nSPS) is 12.1. The minimum absolute atomic E-state index is 0.168. The highest BCUT2D eigenvalue weighted by Gasteiger charge is 2.33. The largest absolute Gasteiger partial charge is 0.507 e. The molecule has 0 saturated carbocycles. The van der Waals surface area contributed by atoms with E-state index >= 15 is 0 Å². The second kappa shape index (κ2) is 7.05. The molecule has 8 nitrogen and oxygen atoms in total. The van der Waals surface area contributed by atoms with E-state index in [1.807, 2.05) is 0 Å². The van der Waals surface area contributed by atoms with Crippen molar-refractivity contribution >= 4 is 11.6 Å². The Morgan fingerprint density at radius 1 is 1.04 bits per heavy atom. The van der Waals surface area contributed by atoms with Crippen LogP contribution >= 0.6 is 11.6 Å². The van der Waals surface area contributed by atoms with Crippen molar-refractivity contribution in [3.05, 3.63) is 89.1 Å². The van der Waals surface area contributed by atoms with E-state index < -0.39 is 34.4 Å². The molecule has 0 aliphatic carbocycles. The maximum Gasteiger partial charge on any atom is 0.343 e. The van der Waals surface area contributed by atoms with Crippen molar-refractivity contribution in [1.82, 2.24) is 9.13 Å². The van der Waals surface area contributed by atoms with Crippen molar-refractivity contribution in [2.45, 2.75) is 12.8 Å². The Morgan fingerprint density at radius 2 is 1.68 bits per heavy atom. The summed E-state index contributed by atoms with van der Waals surface area (Å²) in [5.74, 6) is -2.16. The van der Waals surface area contributed by atoms with Crippen molar-refractivity contribution in [1.29, 1.82) is 0 Å². The van der Waals surface area contributed by atoms with Crippen LogP contribution in [0.5, 0.6) is 11.6 Å². The van der Waals surface area contributed by atoms with E-state index in [0.717, 1.165) is 9.13 Å². The van der Waals surface area contributed by atoms with Crippen LogP contribution < -0.4 is 16.9 Å². The summed E-state index contributed by atoms with van der Waals surface area (Å²) in [6.45, 7) is 1.48.